The van der Waals surface area contributed by atoms with Gasteiger partial charge >= 0.3 is 0 Å². The fraction of sp³-hybridized carbons (Fsp3) is 0.440. The summed E-state index contributed by atoms with van der Waals surface area (Å²) in [6.45, 7) is 3.89. The van der Waals surface area contributed by atoms with Crippen molar-refractivity contribution in [1.29, 1.82) is 0 Å². The van der Waals surface area contributed by atoms with E-state index in [9.17, 15) is 0 Å². The molecule has 2 fully saturated rings. The Labute approximate surface area is 187 Å². The standard InChI is InChI=1S/C25H29N5O2/c1-31-19-10-14-30(15-11-19)25-26-22-16-18(6-7-23(22)32-25)29-12-8-17(9-13-29)24-20-4-2-3-5-21(20)27-28-24/h2-7,16-17,19H,8-15H2,1H3,(H,27,28). The number of anilines is 2. The minimum Gasteiger partial charge on any atom is -0.423 e. The van der Waals surface area contributed by atoms with Gasteiger partial charge in [-0.15, -0.1) is 0 Å². The lowest BCUT2D eigenvalue weighted by Gasteiger charge is -2.33. The van der Waals surface area contributed by atoms with Gasteiger partial charge in [0.25, 0.3) is 6.01 Å². The van der Waals surface area contributed by atoms with Crippen LogP contribution < -0.4 is 9.80 Å². The van der Waals surface area contributed by atoms with Gasteiger partial charge in [0.2, 0.25) is 0 Å². The Morgan fingerprint density at radius 1 is 0.969 bits per heavy atom. The number of hydrogen-bond acceptors (Lipinski definition) is 6. The Morgan fingerprint density at radius 2 is 1.75 bits per heavy atom. The van der Waals surface area contributed by atoms with Gasteiger partial charge in [-0.2, -0.15) is 10.1 Å². The molecule has 0 saturated carbocycles. The van der Waals surface area contributed by atoms with E-state index in [1.165, 1.54) is 16.8 Å². The van der Waals surface area contributed by atoms with Crippen molar-refractivity contribution in [1.82, 2.24) is 15.2 Å². The minimum absolute atomic E-state index is 0.351. The van der Waals surface area contributed by atoms with Crippen molar-refractivity contribution in [2.24, 2.45) is 0 Å². The van der Waals surface area contributed by atoms with Crippen molar-refractivity contribution in [3.8, 4) is 0 Å². The third kappa shape index (κ3) is 3.50. The summed E-state index contributed by atoms with van der Waals surface area (Å²) in [4.78, 5) is 9.50. The monoisotopic (exact) mass is 431 g/mol. The van der Waals surface area contributed by atoms with Crippen molar-refractivity contribution in [3.63, 3.8) is 0 Å². The molecule has 6 rings (SSSR count). The molecule has 0 spiro atoms. The maximum atomic E-state index is 6.07. The number of fused-ring (bicyclic) bond motifs is 2. The summed E-state index contributed by atoms with van der Waals surface area (Å²) in [7, 11) is 1.79. The fourth-order valence-electron chi connectivity index (χ4n) is 5.23. The SMILES string of the molecule is COC1CCN(c2nc3cc(N4CCC(c5n[nH]c6ccccc56)CC4)ccc3o2)CC1. The summed E-state index contributed by atoms with van der Waals surface area (Å²) >= 11 is 0. The van der Waals surface area contributed by atoms with Crippen molar-refractivity contribution in [2.75, 3.05) is 43.1 Å². The van der Waals surface area contributed by atoms with E-state index in [4.69, 9.17) is 14.1 Å². The Bertz CT molecular complexity index is 1220. The smallest absolute Gasteiger partial charge is 0.298 e. The van der Waals surface area contributed by atoms with Gasteiger partial charge in [-0.1, -0.05) is 18.2 Å². The highest BCUT2D eigenvalue weighted by atomic mass is 16.5. The molecule has 2 aliphatic rings. The highest BCUT2D eigenvalue weighted by molar-refractivity contribution is 5.82. The van der Waals surface area contributed by atoms with E-state index in [1.807, 2.05) is 0 Å². The molecular formula is C25H29N5O2. The van der Waals surface area contributed by atoms with E-state index in [1.54, 1.807) is 7.11 Å². The Morgan fingerprint density at radius 3 is 2.56 bits per heavy atom. The van der Waals surface area contributed by atoms with Crippen LogP contribution in [0.1, 0.15) is 37.3 Å². The topological polar surface area (TPSA) is 70.4 Å². The molecule has 4 heterocycles. The second-order valence-corrected chi connectivity index (χ2v) is 8.99. The number of ether oxygens (including phenoxy) is 1. The number of aromatic nitrogens is 3. The lowest BCUT2D eigenvalue weighted by molar-refractivity contribution is 0.0811. The van der Waals surface area contributed by atoms with E-state index in [0.717, 1.165) is 74.5 Å². The number of oxazole rings is 1. The van der Waals surface area contributed by atoms with Gasteiger partial charge in [0.1, 0.15) is 5.52 Å². The molecule has 0 unspecified atom stereocenters. The summed E-state index contributed by atoms with van der Waals surface area (Å²) in [5, 5.41) is 9.09. The Balaban J connectivity index is 1.15. The molecule has 7 heteroatoms. The van der Waals surface area contributed by atoms with E-state index in [0.29, 0.717) is 12.0 Å². The largest absolute Gasteiger partial charge is 0.423 e. The van der Waals surface area contributed by atoms with Gasteiger partial charge in [-0.05, 0) is 49.9 Å². The summed E-state index contributed by atoms with van der Waals surface area (Å²) in [5.41, 5.74) is 5.36. The van der Waals surface area contributed by atoms with Gasteiger partial charge in [-0.25, -0.2) is 0 Å². The number of para-hydroxylation sites is 1. The zero-order valence-electron chi connectivity index (χ0n) is 18.5. The summed E-state index contributed by atoms with van der Waals surface area (Å²) in [5.74, 6) is 0.500. The van der Waals surface area contributed by atoms with E-state index in [-0.39, 0.29) is 0 Å². The van der Waals surface area contributed by atoms with Crippen LogP contribution in [0.4, 0.5) is 11.7 Å². The normalized spacial score (nSPS) is 18.8. The predicted octanol–water partition coefficient (Wildman–Crippen LogP) is 4.70. The number of piperidine rings is 2. The molecule has 7 nitrogen and oxygen atoms in total. The molecule has 4 aromatic rings. The first-order chi connectivity index (χ1) is 15.8. The molecule has 0 atom stereocenters. The zero-order valence-corrected chi connectivity index (χ0v) is 18.5. The van der Waals surface area contributed by atoms with Crippen molar-refractivity contribution >= 4 is 33.7 Å². The van der Waals surface area contributed by atoms with Crippen molar-refractivity contribution in [2.45, 2.75) is 37.7 Å². The lowest BCUT2D eigenvalue weighted by Crippen LogP contribution is -2.36. The van der Waals surface area contributed by atoms with Gasteiger partial charge < -0.3 is 19.0 Å². The third-order valence-electron chi connectivity index (χ3n) is 7.15. The van der Waals surface area contributed by atoms with Crippen LogP contribution in [0.3, 0.4) is 0 Å². The average Bonchev–Trinajstić information content (AvgIpc) is 3.48. The number of rotatable bonds is 4. The van der Waals surface area contributed by atoms with Crippen LogP contribution in [0.25, 0.3) is 22.0 Å². The van der Waals surface area contributed by atoms with Gasteiger partial charge in [-0.3, -0.25) is 5.10 Å². The van der Waals surface area contributed by atoms with E-state index in [2.05, 4.69) is 62.5 Å². The molecular weight excluding hydrogens is 402 g/mol. The van der Waals surface area contributed by atoms with Crippen LogP contribution in [0, 0.1) is 0 Å². The number of H-pyrrole nitrogens is 1. The molecule has 2 aliphatic heterocycles. The first-order valence-corrected chi connectivity index (χ1v) is 11.6. The molecule has 2 aromatic heterocycles. The summed E-state index contributed by atoms with van der Waals surface area (Å²) < 4.78 is 11.5. The molecule has 2 saturated heterocycles. The predicted molar refractivity (Wildman–Crippen MR) is 127 cm³/mol. The van der Waals surface area contributed by atoms with Gasteiger partial charge in [0.15, 0.2) is 5.58 Å². The number of nitrogens with zero attached hydrogens (tertiary/aromatic N) is 4. The number of methoxy groups -OCH3 is 1. The third-order valence-corrected chi connectivity index (χ3v) is 7.15. The molecule has 0 bridgehead atoms. The van der Waals surface area contributed by atoms with Gasteiger partial charge in [0, 0.05) is 50.3 Å². The second kappa shape index (κ2) is 8.13. The molecule has 0 aliphatic carbocycles. The highest BCUT2D eigenvalue weighted by Crippen LogP contribution is 2.34. The molecule has 1 N–H and O–H groups in total. The number of nitrogens with one attached hydrogen (secondary N) is 1. The Hall–Kier alpha value is -3.06. The van der Waals surface area contributed by atoms with Crippen LogP contribution in [0.5, 0.6) is 0 Å². The maximum Gasteiger partial charge on any atom is 0.298 e. The minimum atomic E-state index is 0.351. The maximum absolute atomic E-state index is 6.07. The van der Waals surface area contributed by atoms with E-state index >= 15 is 0 Å². The lowest BCUT2D eigenvalue weighted by atomic mass is 9.91. The average molecular weight is 432 g/mol. The summed E-state index contributed by atoms with van der Waals surface area (Å²) in [6.07, 6.45) is 4.59. The quantitative estimate of drug-likeness (QED) is 0.505. The highest BCUT2D eigenvalue weighted by Gasteiger charge is 2.25. The number of hydrogen-bond donors (Lipinski definition) is 1. The molecule has 166 valence electrons. The summed E-state index contributed by atoms with van der Waals surface area (Å²) in [6, 6.07) is 15.6. The second-order valence-electron chi connectivity index (χ2n) is 8.99. The zero-order chi connectivity index (χ0) is 21.5. The number of benzene rings is 2. The van der Waals surface area contributed by atoms with E-state index < -0.39 is 0 Å². The van der Waals surface area contributed by atoms with Crippen LogP contribution in [-0.2, 0) is 4.74 Å². The van der Waals surface area contributed by atoms with Crippen LogP contribution >= 0.6 is 0 Å². The van der Waals surface area contributed by atoms with Crippen molar-refractivity contribution in [3.05, 3.63) is 48.2 Å². The Kier molecular flexibility index (Phi) is 4.98. The van der Waals surface area contributed by atoms with Crippen LogP contribution in [-0.4, -0.2) is 54.6 Å². The number of aromatic amines is 1. The first kappa shape index (κ1) is 19.6. The fourth-order valence-corrected chi connectivity index (χ4v) is 5.23. The van der Waals surface area contributed by atoms with Crippen LogP contribution in [0.15, 0.2) is 46.9 Å². The van der Waals surface area contributed by atoms with Gasteiger partial charge in [0.05, 0.1) is 17.3 Å². The molecule has 0 radical (unpaired) electrons. The molecule has 0 amide bonds. The first-order valence-electron chi connectivity index (χ1n) is 11.6. The van der Waals surface area contributed by atoms with Crippen molar-refractivity contribution < 1.29 is 9.15 Å². The molecule has 2 aromatic carbocycles. The van der Waals surface area contributed by atoms with Crippen LogP contribution in [0.2, 0.25) is 0 Å². The molecule has 32 heavy (non-hydrogen) atoms.